The summed E-state index contributed by atoms with van der Waals surface area (Å²) in [6, 6.07) is 17.2. The molecule has 1 aliphatic heterocycles. The van der Waals surface area contributed by atoms with E-state index < -0.39 is 18.3 Å². The zero-order valence-corrected chi connectivity index (χ0v) is 18.3. The molecule has 10 heteroatoms. The Kier molecular flexibility index (Phi) is 6.69. The number of rotatable bonds is 7. The summed E-state index contributed by atoms with van der Waals surface area (Å²) in [4.78, 5) is 24.0. The fourth-order valence-electron chi connectivity index (χ4n) is 3.57. The van der Waals surface area contributed by atoms with Crippen molar-refractivity contribution in [1.82, 2.24) is 15.1 Å². The van der Waals surface area contributed by atoms with Crippen LogP contribution in [-0.2, 0) is 20.9 Å². The highest BCUT2D eigenvalue weighted by molar-refractivity contribution is 5.98. The summed E-state index contributed by atoms with van der Waals surface area (Å²) in [6.45, 7) is 0.759. The third-order valence-corrected chi connectivity index (χ3v) is 5.46. The number of carbonyl (C=O) groups is 2. The van der Waals surface area contributed by atoms with E-state index in [1.165, 1.54) is 0 Å². The Bertz CT molecular complexity index is 1180. The van der Waals surface area contributed by atoms with E-state index >= 15 is 0 Å². The van der Waals surface area contributed by atoms with Gasteiger partial charge in [-0.3, -0.25) is 9.59 Å². The Morgan fingerprint density at radius 3 is 2.65 bits per heavy atom. The lowest BCUT2D eigenvalue weighted by Gasteiger charge is -2.16. The van der Waals surface area contributed by atoms with Crippen LogP contribution < -0.4 is 10.6 Å². The van der Waals surface area contributed by atoms with Crippen molar-refractivity contribution >= 4 is 17.6 Å². The Labute approximate surface area is 193 Å². The quantitative estimate of drug-likeness (QED) is 0.539. The van der Waals surface area contributed by atoms with Crippen LogP contribution in [0.15, 0.2) is 60.7 Å². The highest BCUT2D eigenvalue weighted by Crippen LogP contribution is 2.28. The monoisotopic (exact) mass is 472 g/mol. The molecule has 1 aromatic heterocycles. The van der Waals surface area contributed by atoms with Gasteiger partial charge in [0, 0.05) is 18.1 Å². The number of halogens is 3. The molecule has 3 aromatic rings. The average Bonchev–Trinajstić information content (AvgIpc) is 3.44. The summed E-state index contributed by atoms with van der Waals surface area (Å²) >= 11 is 0. The van der Waals surface area contributed by atoms with Crippen molar-refractivity contribution in [1.29, 1.82) is 0 Å². The van der Waals surface area contributed by atoms with Crippen LogP contribution in [0, 0.1) is 0 Å². The fraction of sp³-hybridized carbons (Fsp3) is 0.292. The van der Waals surface area contributed by atoms with Gasteiger partial charge in [0.2, 0.25) is 11.8 Å². The number of anilines is 1. The van der Waals surface area contributed by atoms with Gasteiger partial charge in [0.05, 0.1) is 18.0 Å². The molecule has 0 spiro atoms. The summed E-state index contributed by atoms with van der Waals surface area (Å²) in [5.41, 5.74) is 2.61. The van der Waals surface area contributed by atoms with Gasteiger partial charge >= 0.3 is 6.18 Å². The van der Waals surface area contributed by atoms with Crippen LogP contribution in [0.2, 0.25) is 0 Å². The van der Waals surface area contributed by atoms with Crippen molar-refractivity contribution in [2.75, 3.05) is 5.32 Å². The number of nitrogens with one attached hydrogen (secondary N) is 2. The number of benzene rings is 2. The molecule has 0 saturated carbocycles. The molecule has 0 bridgehead atoms. The standard InChI is InChI=1S/C24H23F3N4O3/c1-15(24(25,26)27)34-14-16-6-5-7-17(12-16)20-13-21(29-23(33)19-10-11-22(32)28-19)30-31(20)18-8-3-2-4-9-18/h2-9,12-13,15,19H,10-11,14H2,1H3,(H,28,32)(H,29,30,33)/t15-,19-/m1/s1. The van der Waals surface area contributed by atoms with Crippen molar-refractivity contribution in [3.05, 3.63) is 66.2 Å². The SMILES string of the molecule is C[C@@H](OCc1cccc(-c2cc(NC(=O)[C@H]3CCC(=O)N3)nn2-c2ccccc2)c1)C(F)(F)F. The molecule has 178 valence electrons. The van der Waals surface area contributed by atoms with Crippen LogP contribution in [0.3, 0.4) is 0 Å². The summed E-state index contributed by atoms with van der Waals surface area (Å²) in [6.07, 6.45) is -5.61. The molecule has 1 aliphatic rings. The van der Waals surface area contributed by atoms with Crippen LogP contribution >= 0.6 is 0 Å². The maximum Gasteiger partial charge on any atom is 0.414 e. The van der Waals surface area contributed by atoms with Gasteiger partial charge in [0.1, 0.15) is 6.04 Å². The Balaban J connectivity index is 1.61. The van der Waals surface area contributed by atoms with Crippen LogP contribution in [-0.4, -0.2) is 39.9 Å². The number of hydrogen-bond donors (Lipinski definition) is 2. The molecule has 2 N–H and O–H groups in total. The lowest BCUT2D eigenvalue weighted by atomic mass is 10.1. The number of carbonyl (C=O) groups excluding carboxylic acids is 2. The van der Waals surface area contributed by atoms with Crippen LogP contribution in [0.5, 0.6) is 0 Å². The maximum atomic E-state index is 12.8. The average molecular weight is 472 g/mol. The van der Waals surface area contributed by atoms with Crippen molar-refractivity contribution in [2.24, 2.45) is 0 Å². The molecular weight excluding hydrogens is 449 g/mol. The van der Waals surface area contributed by atoms with Gasteiger partial charge in [-0.1, -0.05) is 36.4 Å². The van der Waals surface area contributed by atoms with Crippen LogP contribution in [0.1, 0.15) is 25.3 Å². The molecule has 2 amide bonds. The van der Waals surface area contributed by atoms with Gasteiger partial charge in [0.25, 0.3) is 0 Å². The van der Waals surface area contributed by atoms with E-state index in [-0.39, 0.29) is 24.2 Å². The van der Waals surface area contributed by atoms with E-state index in [1.807, 2.05) is 30.3 Å². The minimum absolute atomic E-state index is 0.172. The van der Waals surface area contributed by atoms with E-state index in [1.54, 1.807) is 35.0 Å². The number of nitrogens with zero attached hydrogens (tertiary/aromatic N) is 2. The molecule has 4 rings (SSSR count). The smallest absolute Gasteiger partial charge is 0.364 e. The molecule has 2 atom stereocenters. The summed E-state index contributed by atoms with van der Waals surface area (Å²) in [5.74, 6) is -0.245. The van der Waals surface area contributed by atoms with Crippen molar-refractivity contribution in [3.8, 4) is 16.9 Å². The van der Waals surface area contributed by atoms with Crippen molar-refractivity contribution in [3.63, 3.8) is 0 Å². The summed E-state index contributed by atoms with van der Waals surface area (Å²) in [5, 5.41) is 9.88. The van der Waals surface area contributed by atoms with Gasteiger partial charge in [-0.05, 0) is 37.1 Å². The zero-order valence-electron chi connectivity index (χ0n) is 18.3. The molecule has 0 aliphatic carbocycles. The highest BCUT2D eigenvalue weighted by Gasteiger charge is 2.36. The second-order valence-electron chi connectivity index (χ2n) is 8.01. The van der Waals surface area contributed by atoms with E-state index in [9.17, 15) is 22.8 Å². The lowest BCUT2D eigenvalue weighted by molar-refractivity contribution is -0.217. The third-order valence-electron chi connectivity index (χ3n) is 5.46. The van der Waals surface area contributed by atoms with Crippen LogP contribution in [0.25, 0.3) is 16.9 Å². The molecule has 1 fully saturated rings. The van der Waals surface area contributed by atoms with E-state index in [0.29, 0.717) is 29.7 Å². The Morgan fingerprint density at radius 2 is 1.97 bits per heavy atom. The normalized spacial score (nSPS) is 16.8. The number of alkyl halides is 3. The van der Waals surface area contributed by atoms with Gasteiger partial charge in [-0.2, -0.15) is 13.2 Å². The maximum absolute atomic E-state index is 12.8. The molecule has 2 aromatic carbocycles. The predicted octanol–water partition coefficient (Wildman–Crippen LogP) is 4.22. The predicted molar refractivity (Wildman–Crippen MR) is 119 cm³/mol. The number of aromatic nitrogens is 2. The molecule has 1 saturated heterocycles. The van der Waals surface area contributed by atoms with Crippen LogP contribution in [0.4, 0.5) is 19.0 Å². The number of amides is 2. The summed E-state index contributed by atoms with van der Waals surface area (Å²) in [7, 11) is 0. The molecule has 0 unspecified atom stereocenters. The molecule has 2 heterocycles. The molecule has 0 radical (unpaired) electrons. The number of ether oxygens (including phenoxy) is 1. The number of para-hydroxylation sites is 1. The molecular formula is C24H23F3N4O3. The first kappa shape index (κ1) is 23.5. The van der Waals surface area contributed by atoms with Crippen molar-refractivity contribution < 1.29 is 27.5 Å². The minimum Gasteiger partial charge on any atom is -0.364 e. The third kappa shape index (κ3) is 5.45. The fourth-order valence-corrected chi connectivity index (χ4v) is 3.57. The van der Waals surface area contributed by atoms with E-state index in [2.05, 4.69) is 15.7 Å². The van der Waals surface area contributed by atoms with Gasteiger partial charge in [0.15, 0.2) is 11.9 Å². The highest BCUT2D eigenvalue weighted by atomic mass is 19.4. The summed E-state index contributed by atoms with van der Waals surface area (Å²) < 4.78 is 45.0. The topological polar surface area (TPSA) is 85.2 Å². The first-order valence-electron chi connectivity index (χ1n) is 10.7. The number of hydrogen-bond acceptors (Lipinski definition) is 4. The van der Waals surface area contributed by atoms with E-state index in [0.717, 1.165) is 12.6 Å². The second kappa shape index (κ2) is 9.68. The second-order valence-corrected chi connectivity index (χ2v) is 8.01. The Hall–Kier alpha value is -3.66. The van der Waals surface area contributed by atoms with Gasteiger partial charge in [-0.15, -0.1) is 5.10 Å². The van der Waals surface area contributed by atoms with Crippen molar-refractivity contribution in [2.45, 2.75) is 44.7 Å². The minimum atomic E-state index is -4.44. The van der Waals surface area contributed by atoms with E-state index in [4.69, 9.17) is 4.74 Å². The first-order chi connectivity index (χ1) is 16.2. The largest absolute Gasteiger partial charge is 0.414 e. The first-order valence-corrected chi connectivity index (χ1v) is 10.7. The molecule has 34 heavy (non-hydrogen) atoms. The zero-order chi connectivity index (χ0) is 24.3. The Morgan fingerprint density at radius 1 is 1.21 bits per heavy atom. The lowest BCUT2D eigenvalue weighted by Crippen LogP contribution is -2.37. The van der Waals surface area contributed by atoms with Gasteiger partial charge < -0.3 is 15.4 Å². The molecule has 7 nitrogen and oxygen atoms in total. The van der Waals surface area contributed by atoms with Gasteiger partial charge in [-0.25, -0.2) is 4.68 Å².